The molecule has 2 heteroatoms. The van der Waals surface area contributed by atoms with E-state index in [1.54, 1.807) is 11.1 Å². The molecule has 16 heavy (non-hydrogen) atoms. The van der Waals surface area contributed by atoms with Gasteiger partial charge >= 0.3 is 0 Å². The van der Waals surface area contributed by atoms with Gasteiger partial charge in [0.2, 0.25) is 0 Å². The third kappa shape index (κ3) is 2.18. The van der Waals surface area contributed by atoms with E-state index in [-0.39, 0.29) is 0 Å². The number of benzene rings is 1. The molecule has 1 unspecified atom stereocenters. The van der Waals surface area contributed by atoms with Crippen LogP contribution in [-0.4, -0.2) is 24.5 Å². The molecule has 1 atom stereocenters. The summed E-state index contributed by atoms with van der Waals surface area (Å²) in [5.74, 6) is 0.897. The van der Waals surface area contributed by atoms with Gasteiger partial charge < -0.3 is 4.90 Å². The van der Waals surface area contributed by atoms with E-state index in [9.17, 15) is 0 Å². The second-order valence-electron chi connectivity index (χ2n) is 5.18. The first-order valence-electron chi connectivity index (χ1n) is 6.31. The summed E-state index contributed by atoms with van der Waals surface area (Å²) in [5, 5.41) is 0. The van der Waals surface area contributed by atoms with Crippen LogP contribution in [0.3, 0.4) is 0 Å². The minimum atomic E-state index is 0.897. The van der Waals surface area contributed by atoms with E-state index >= 15 is 0 Å². The highest BCUT2D eigenvalue weighted by Crippen LogP contribution is 2.29. The topological polar surface area (TPSA) is 3.24 Å². The Labute approximate surface area is 106 Å². The zero-order valence-corrected chi connectivity index (χ0v) is 11.2. The van der Waals surface area contributed by atoms with E-state index in [1.165, 1.54) is 49.8 Å². The van der Waals surface area contributed by atoms with E-state index < -0.39 is 0 Å². The third-order valence-corrected chi connectivity index (χ3v) is 4.46. The Bertz CT molecular complexity index is 384. The fourth-order valence-corrected chi connectivity index (χ4v) is 3.29. The Morgan fingerprint density at radius 2 is 2.12 bits per heavy atom. The molecule has 0 saturated carbocycles. The second-order valence-corrected chi connectivity index (χ2v) is 6.09. The van der Waals surface area contributed by atoms with Crippen LogP contribution in [0.2, 0.25) is 0 Å². The van der Waals surface area contributed by atoms with Crippen LogP contribution in [0.15, 0.2) is 22.7 Å². The number of hydrogen-bond donors (Lipinski definition) is 0. The van der Waals surface area contributed by atoms with Crippen LogP contribution in [0.1, 0.15) is 24.0 Å². The van der Waals surface area contributed by atoms with Gasteiger partial charge in [-0.15, -0.1) is 0 Å². The molecular formula is C14H18BrN. The monoisotopic (exact) mass is 279 g/mol. The van der Waals surface area contributed by atoms with E-state index in [0.717, 1.165) is 5.92 Å². The van der Waals surface area contributed by atoms with Crippen molar-refractivity contribution in [2.45, 2.75) is 25.7 Å². The maximum Gasteiger partial charge on any atom is 0.0178 e. The van der Waals surface area contributed by atoms with Gasteiger partial charge in [-0.3, -0.25) is 0 Å². The minimum Gasteiger partial charge on any atom is -0.303 e. The normalized spacial score (nSPS) is 24.9. The van der Waals surface area contributed by atoms with Gasteiger partial charge in [0, 0.05) is 11.0 Å². The van der Waals surface area contributed by atoms with Crippen LogP contribution in [0.25, 0.3) is 0 Å². The van der Waals surface area contributed by atoms with E-state index in [2.05, 4.69) is 39.0 Å². The Morgan fingerprint density at radius 3 is 2.88 bits per heavy atom. The molecule has 1 nitrogen and oxygen atoms in total. The summed E-state index contributed by atoms with van der Waals surface area (Å²) in [7, 11) is 0. The quantitative estimate of drug-likeness (QED) is 0.803. The van der Waals surface area contributed by atoms with Gasteiger partial charge in [0.05, 0.1) is 0 Å². The maximum absolute atomic E-state index is 3.56. The van der Waals surface area contributed by atoms with Crippen molar-refractivity contribution in [1.82, 2.24) is 4.90 Å². The summed E-state index contributed by atoms with van der Waals surface area (Å²) in [6, 6.07) is 6.79. The number of fused-ring (bicyclic) bond motifs is 1. The van der Waals surface area contributed by atoms with Crippen LogP contribution in [0.4, 0.5) is 0 Å². The molecule has 2 aliphatic rings. The van der Waals surface area contributed by atoms with Crippen LogP contribution in [0.5, 0.6) is 0 Å². The average Bonchev–Trinajstić information content (AvgIpc) is 2.23. The predicted molar refractivity (Wildman–Crippen MR) is 70.7 cm³/mol. The molecule has 0 amide bonds. The molecule has 1 aliphatic carbocycles. The van der Waals surface area contributed by atoms with Gasteiger partial charge in [0.15, 0.2) is 0 Å². The highest BCUT2D eigenvalue weighted by molar-refractivity contribution is 9.10. The molecule has 1 aromatic rings. The Balaban J connectivity index is 1.68. The predicted octanol–water partition coefficient (Wildman–Crippen LogP) is 3.26. The summed E-state index contributed by atoms with van der Waals surface area (Å²) in [6.45, 7) is 4.00. The molecule has 1 saturated heterocycles. The first-order chi connectivity index (χ1) is 7.81. The molecule has 0 spiro atoms. The van der Waals surface area contributed by atoms with Gasteiger partial charge in [0.1, 0.15) is 0 Å². The zero-order valence-electron chi connectivity index (χ0n) is 9.58. The highest BCUT2D eigenvalue weighted by atomic mass is 79.9. The van der Waals surface area contributed by atoms with Crippen molar-refractivity contribution < 1.29 is 0 Å². The van der Waals surface area contributed by atoms with Crippen molar-refractivity contribution in [2.24, 2.45) is 5.92 Å². The number of nitrogens with zero attached hydrogens (tertiary/aromatic N) is 1. The van der Waals surface area contributed by atoms with Gasteiger partial charge in [-0.2, -0.15) is 0 Å². The highest BCUT2D eigenvalue weighted by Gasteiger charge is 2.23. The lowest BCUT2D eigenvalue weighted by molar-refractivity contribution is 0.146. The van der Waals surface area contributed by atoms with Gasteiger partial charge in [-0.05, 0) is 68.0 Å². The van der Waals surface area contributed by atoms with Crippen LogP contribution in [-0.2, 0) is 12.8 Å². The number of rotatable bonds is 2. The van der Waals surface area contributed by atoms with E-state index in [4.69, 9.17) is 0 Å². The van der Waals surface area contributed by atoms with Crippen molar-refractivity contribution in [3.8, 4) is 0 Å². The molecular weight excluding hydrogens is 262 g/mol. The fraction of sp³-hybridized carbons (Fsp3) is 0.571. The maximum atomic E-state index is 3.56. The summed E-state index contributed by atoms with van der Waals surface area (Å²) in [6.07, 6.45) is 5.35. The SMILES string of the molecule is Brc1ccc2c(c1)CCC(CN1CCC1)C2. The Kier molecular flexibility index (Phi) is 3.03. The molecule has 0 N–H and O–H groups in total. The summed E-state index contributed by atoms with van der Waals surface area (Å²) in [4.78, 5) is 2.61. The minimum absolute atomic E-state index is 0.897. The van der Waals surface area contributed by atoms with Crippen LogP contribution in [0, 0.1) is 5.92 Å². The third-order valence-electron chi connectivity index (χ3n) is 3.96. The lowest BCUT2D eigenvalue weighted by Gasteiger charge is -2.36. The number of halogens is 1. The standard InChI is InChI=1S/C14H18BrN/c15-14-5-4-12-8-11(2-3-13(12)9-14)10-16-6-1-7-16/h4-5,9,11H,1-3,6-8,10H2. The Morgan fingerprint density at radius 1 is 1.25 bits per heavy atom. The number of likely N-dealkylation sites (tertiary alicyclic amines) is 1. The molecule has 1 aliphatic heterocycles. The van der Waals surface area contributed by atoms with E-state index in [1.807, 2.05) is 0 Å². The molecule has 0 bridgehead atoms. The van der Waals surface area contributed by atoms with Gasteiger partial charge in [-0.25, -0.2) is 0 Å². The lowest BCUT2D eigenvalue weighted by Crippen LogP contribution is -2.41. The summed E-state index contributed by atoms with van der Waals surface area (Å²) < 4.78 is 1.23. The van der Waals surface area contributed by atoms with Crippen LogP contribution >= 0.6 is 15.9 Å². The van der Waals surface area contributed by atoms with Crippen molar-refractivity contribution in [3.05, 3.63) is 33.8 Å². The molecule has 86 valence electrons. The molecule has 0 radical (unpaired) electrons. The smallest absolute Gasteiger partial charge is 0.0178 e. The number of aryl methyl sites for hydroxylation is 1. The van der Waals surface area contributed by atoms with Gasteiger partial charge in [-0.1, -0.05) is 22.0 Å². The van der Waals surface area contributed by atoms with Crippen LogP contribution < -0.4 is 0 Å². The first-order valence-corrected chi connectivity index (χ1v) is 7.10. The van der Waals surface area contributed by atoms with E-state index in [0.29, 0.717) is 0 Å². The molecule has 1 heterocycles. The average molecular weight is 280 g/mol. The van der Waals surface area contributed by atoms with Crippen molar-refractivity contribution >= 4 is 15.9 Å². The fourth-order valence-electron chi connectivity index (χ4n) is 2.88. The van der Waals surface area contributed by atoms with Crippen molar-refractivity contribution in [2.75, 3.05) is 19.6 Å². The number of hydrogen-bond acceptors (Lipinski definition) is 1. The second kappa shape index (κ2) is 4.50. The van der Waals surface area contributed by atoms with Crippen molar-refractivity contribution in [1.29, 1.82) is 0 Å². The largest absolute Gasteiger partial charge is 0.303 e. The zero-order chi connectivity index (χ0) is 11.0. The summed E-state index contributed by atoms with van der Waals surface area (Å²) in [5.41, 5.74) is 3.15. The summed E-state index contributed by atoms with van der Waals surface area (Å²) >= 11 is 3.56. The first kappa shape index (κ1) is 10.8. The lowest BCUT2D eigenvalue weighted by atomic mass is 9.83. The molecule has 3 rings (SSSR count). The molecule has 1 aromatic carbocycles. The Hall–Kier alpha value is -0.340. The van der Waals surface area contributed by atoms with Crippen molar-refractivity contribution in [3.63, 3.8) is 0 Å². The van der Waals surface area contributed by atoms with Gasteiger partial charge in [0.25, 0.3) is 0 Å². The molecule has 1 fully saturated rings. The molecule has 0 aromatic heterocycles.